The number of fused-ring (bicyclic) bond motifs is 1. The monoisotopic (exact) mass is 1080 g/mol. The highest BCUT2D eigenvalue weighted by atomic mass is 31.3. The summed E-state index contributed by atoms with van der Waals surface area (Å²) in [6.07, 6.45) is -1.36. The van der Waals surface area contributed by atoms with Gasteiger partial charge in [0, 0.05) is 36.8 Å². The number of aliphatic hydroxyl groups excluding tert-OH is 2. The van der Waals surface area contributed by atoms with Crippen LogP contribution in [0.25, 0.3) is 11.2 Å². The molecule has 1 fully saturated rings. The molecule has 4 rings (SSSR count). The van der Waals surface area contributed by atoms with Crippen LogP contribution < -0.4 is 35.9 Å². The molecule has 1 aliphatic rings. The van der Waals surface area contributed by atoms with Gasteiger partial charge in [0.15, 0.2) is 17.7 Å². The molecule has 1 saturated heterocycles. The average molecular weight is 1080 g/mol. The number of aliphatic carboxylic acids is 1. The highest BCUT2D eigenvalue weighted by Crippen LogP contribution is 2.56. The number of ether oxygens (including phenoxy) is 1. The smallest absolute Gasteiger partial charge is 0.309 e. The lowest BCUT2D eigenvalue weighted by atomic mass is 9.81. The maximum atomic E-state index is 13.1. The van der Waals surface area contributed by atoms with Gasteiger partial charge in [-0.15, -0.1) is 0 Å². The maximum Gasteiger partial charge on any atom is 0.309 e. The predicted octanol–water partition coefficient (Wildman–Crippen LogP) is 1.10. The highest BCUT2D eigenvalue weighted by Gasteiger charge is 2.47. The minimum absolute atomic E-state index is 0.0281. The third kappa shape index (κ3) is 18.1. The number of phosphoric ester groups is 3. The molecule has 26 nitrogen and oxygen atoms in total. The Bertz CT molecular complexity index is 2500. The number of Topliss-reactive ketones (excluding diaryl/α,β-unsaturated/α-hetero) is 1. The number of aromatic nitrogens is 4. The Labute approximate surface area is 416 Å². The molecule has 0 saturated carbocycles. The molecule has 29 heteroatoms. The van der Waals surface area contributed by atoms with E-state index in [2.05, 4.69) is 55.6 Å². The standard InChI is InChI=1S/C43H68N7O19P3/c1-41(2,19-11-9-15-27-13-7-8-14-28(27)16-10-12-20-42(3,4)40(56)57)30(51)17-21-45-31(52)18-22-46-38(55)35(54)43(5,6)24-66-72(63,64)69-71(61,62)65-23-29-34(68-70(58,59)60)33(53)39(67-29)50-26-49-32-36(44)47-25-48-37(32)50/h7-8,13-14,25-26,29,33-35,39,53-54H,9-12,15-24H2,1-6H3,(H,45,52)(H,46,55)(H,56,57)(H,61,62)(H,63,64)(H2,44,47,48)(H2,58,59,60)/p-4. The SMILES string of the molecule is CC(C)(CCCCc1ccccc1CCCCC(C)(C)C(=O)CCNC(=O)CCNC(=O)C(O)C(C)(C)COP(=O)([O-])OP(=O)([O-])OCC1OC(n2cnc3c(N)ncnc32)C(O)C1OP(=O)([O-])[O-])C(=O)O. The van der Waals surface area contributed by atoms with E-state index in [4.69, 9.17) is 10.5 Å². The Hall–Kier alpha value is -4.10. The van der Waals surface area contributed by atoms with Gasteiger partial charge in [-0.3, -0.25) is 32.9 Å². The fourth-order valence-corrected chi connectivity index (χ4v) is 10.4. The minimum atomic E-state index is -5.95. The number of nitrogens with two attached hydrogens (primary N) is 1. The Morgan fingerprint density at radius 3 is 2.03 bits per heavy atom. The van der Waals surface area contributed by atoms with Crippen molar-refractivity contribution in [1.82, 2.24) is 30.2 Å². The molecular formula is C43H64N7O19P3-4. The Balaban J connectivity index is 1.15. The highest BCUT2D eigenvalue weighted by molar-refractivity contribution is 7.59. The van der Waals surface area contributed by atoms with Gasteiger partial charge in [-0.25, -0.2) is 19.3 Å². The number of nitrogen functional groups attached to an aromatic ring is 1. The number of phosphoric acid groups is 3. The van der Waals surface area contributed by atoms with E-state index in [0.29, 0.717) is 12.8 Å². The predicted molar refractivity (Wildman–Crippen MR) is 247 cm³/mol. The normalized spacial score (nSPS) is 19.9. The van der Waals surface area contributed by atoms with Crippen LogP contribution in [0.15, 0.2) is 36.9 Å². The minimum Gasteiger partial charge on any atom is -0.790 e. The van der Waals surface area contributed by atoms with Gasteiger partial charge in [0.2, 0.25) is 11.8 Å². The maximum absolute atomic E-state index is 13.1. The topological polar surface area (TPSA) is 412 Å². The number of rotatable bonds is 31. The number of aliphatic hydroxyl groups is 2. The fraction of sp³-hybridized carbons (Fsp3) is 0.651. The lowest BCUT2D eigenvalue weighted by Gasteiger charge is -2.36. The molecule has 2 aromatic heterocycles. The number of nitrogens with zero attached hydrogens (tertiary/aromatic N) is 4. The Morgan fingerprint density at radius 1 is 0.847 bits per heavy atom. The number of benzene rings is 1. The molecule has 3 heterocycles. The van der Waals surface area contributed by atoms with E-state index in [0.717, 1.165) is 55.7 Å². The number of imidazole rings is 1. The van der Waals surface area contributed by atoms with Gasteiger partial charge in [-0.2, -0.15) is 0 Å². The van der Waals surface area contributed by atoms with Crippen LogP contribution in [0.3, 0.4) is 0 Å². The number of unbranched alkanes of at least 4 members (excludes halogenated alkanes) is 2. The summed E-state index contributed by atoms with van der Waals surface area (Å²) in [4.78, 5) is 110. The van der Waals surface area contributed by atoms with E-state index in [1.807, 2.05) is 26.0 Å². The molecule has 0 bridgehead atoms. The zero-order chi connectivity index (χ0) is 53.9. The van der Waals surface area contributed by atoms with Crippen LogP contribution in [-0.4, -0.2) is 109 Å². The molecule has 2 amide bonds. The van der Waals surface area contributed by atoms with Crippen molar-refractivity contribution < 1.29 is 90.4 Å². The number of hydrogen-bond acceptors (Lipinski definition) is 22. The van der Waals surface area contributed by atoms with Crippen LogP contribution in [0.2, 0.25) is 0 Å². The summed E-state index contributed by atoms with van der Waals surface area (Å²) in [6, 6.07) is 8.18. The zero-order valence-corrected chi connectivity index (χ0v) is 43.5. The van der Waals surface area contributed by atoms with Crippen molar-refractivity contribution in [1.29, 1.82) is 0 Å². The van der Waals surface area contributed by atoms with E-state index in [1.54, 1.807) is 13.8 Å². The molecule has 1 aliphatic heterocycles. The number of anilines is 1. The second-order valence-corrected chi connectivity index (χ2v) is 23.5. The molecule has 0 aliphatic carbocycles. The summed E-state index contributed by atoms with van der Waals surface area (Å²) in [6.45, 7) is 7.06. The van der Waals surface area contributed by atoms with Crippen molar-refractivity contribution in [3.63, 3.8) is 0 Å². The largest absolute Gasteiger partial charge is 0.790 e. The van der Waals surface area contributed by atoms with Crippen molar-refractivity contribution in [3.05, 3.63) is 48.0 Å². The summed E-state index contributed by atoms with van der Waals surface area (Å²) in [7, 11) is -17.7. The zero-order valence-electron chi connectivity index (χ0n) is 40.8. The molecule has 7 N–H and O–H groups in total. The third-order valence-corrected chi connectivity index (χ3v) is 15.2. The van der Waals surface area contributed by atoms with E-state index in [1.165, 1.54) is 25.0 Å². The number of aryl methyl sites for hydroxylation is 2. The number of amides is 2. The molecule has 404 valence electrons. The van der Waals surface area contributed by atoms with Crippen LogP contribution in [0.5, 0.6) is 0 Å². The van der Waals surface area contributed by atoms with Crippen LogP contribution in [0.1, 0.15) is 110 Å². The molecule has 1 aromatic carbocycles. The number of ketones is 1. The lowest BCUT2D eigenvalue weighted by Crippen LogP contribution is -2.46. The summed E-state index contributed by atoms with van der Waals surface area (Å²) >= 11 is 0. The van der Waals surface area contributed by atoms with Crippen molar-refractivity contribution in [2.75, 3.05) is 32.0 Å². The summed E-state index contributed by atoms with van der Waals surface area (Å²) in [5, 5.41) is 35.9. The Morgan fingerprint density at radius 2 is 1.43 bits per heavy atom. The first-order valence-corrected chi connectivity index (χ1v) is 27.4. The van der Waals surface area contributed by atoms with Crippen LogP contribution in [-0.2, 0) is 68.3 Å². The third-order valence-electron chi connectivity index (χ3n) is 12.2. The Kier molecular flexibility index (Phi) is 21.3. The number of carbonyl (C=O) groups excluding carboxylic acids is 3. The van der Waals surface area contributed by atoms with Crippen molar-refractivity contribution >= 4 is 64.0 Å². The number of hydrogen-bond donors (Lipinski definition) is 6. The molecular weight excluding hydrogens is 1010 g/mol. The molecule has 0 spiro atoms. The van der Waals surface area contributed by atoms with Gasteiger partial charge in [-0.05, 0) is 63.5 Å². The fourth-order valence-electron chi connectivity index (χ4n) is 7.63. The molecule has 72 heavy (non-hydrogen) atoms. The second kappa shape index (κ2) is 25.4. The number of carbonyl (C=O) groups is 4. The number of nitrogens with one attached hydrogen (secondary N) is 2. The van der Waals surface area contributed by atoms with Crippen molar-refractivity contribution in [3.8, 4) is 0 Å². The average Bonchev–Trinajstić information content (AvgIpc) is 3.84. The van der Waals surface area contributed by atoms with E-state index < -0.39 is 101 Å². The van der Waals surface area contributed by atoms with Crippen molar-refractivity contribution in [2.24, 2.45) is 16.2 Å². The van der Waals surface area contributed by atoms with E-state index in [-0.39, 0.29) is 48.7 Å². The molecule has 7 unspecified atom stereocenters. The van der Waals surface area contributed by atoms with Crippen LogP contribution >= 0.6 is 23.5 Å². The molecule has 3 aromatic rings. The van der Waals surface area contributed by atoms with Gasteiger partial charge >= 0.3 is 5.97 Å². The first kappa shape index (κ1) is 60.5. The lowest BCUT2D eigenvalue weighted by molar-refractivity contribution is -0.347. The molecule has 0 radical (unpaired) electrons. The number of carboxylic acids is 1. The van der Waals surface area contributed by atoms with Gasteiger partial charge in [0.1, 0.15) is 42.0 Å². The number of carboxylic acid groups (broad SMARTS) is 1. The first-order valence-electron chi connectivity index (χ1n) is 23.0. The van der Waals surface area contributed by atoms with Crippen LogP contribution in [0, 0.1) is 16.2 Å². The first-order chi connectivity index (χ1) is 33.3. The van der Waals surface area contributed by atoms with Gasteiger partial charge < -0.3 is 74.1 Å². The summed E-state index contributed by atoms with van der Waals surface area (Å²) in [5.74, 6) is -2.46. The van der Waals surface area contributed by atoms with Gasteiger partial charge in [-0.1, -0.05) is 64.8 Å². The molecule has 7 atom stereocenters. The van der Waals surface area contributed by atoms with Gasteiger partial charge in [0.05, 0.1) is 32.8 Å². The van der Waals surface area contributed by atoms with Crippen LogP contribution in [0.4, 0.5) is 5.82 Å². The summed E-state index contributed by atoms with van der Waals surface area (Å²) in [5.41, 5.74) is 5.12. The summed E-state index contributed by atoms with van der Waals surface area (Å²) < 4.78 is 61.0. The van der Waals surface area contributed by atoms with E-state index >= 15 is 0 Å². The quantitative estimate of drug-likeness (QED) is 0.0388. The van der Waals surface area contributed by atoms with Crippen molar-refractivity contribution in [2.45, 2.75) is 136 Å². The van der Waals surface area contributed by atoms with Gasteiger partial charge in [0.25, 0.3) is 15.6 Å². The second-order valence-electron chi connectivity index (χ2n) is 19.4. The van der Waals surface area contributed by atoms with E-state index in [9.17, 15) is 67.8 Å².